The lowest BCUT2D eigenvalue weighted by molar-refractivity contribution is -0.116. The highest BCUT2D eigenvalue weighted by atomic mass is 16.5. The second-order valence-corrected chi connectivity index (χ2v) is 7.24. The first-order valence-corrected chi connectivity index (χ1v) is 9.22. The minimum atomic E-state index is -0.0129. The molecule has 0 fully saturated rings. The summed E-state index contributed by atoms with van der Waals surface area (Å²) in [6.07, 6.45) is 2.41. The van der Waals surface area contributed by atoms with Crippen molar-refractivity contribution < 1.29 is 9.53 Å². The van der Waals surface area contributed by atoms with Crippen molar-refractivity contribution in [2.45, 2.75) is 39.2 Å². The molecular formula is C22H23N3O2. The second kappa shape index (κ2) is 6.91. The molecule has 1 atom stereocenters. The zero-order valence-corrected chi connectivity index (χ0v) is 15.8. The number of amides is 1. The van der Waals surface area contributed by atoms with Crippen LogP contribution in [0.3, 0.4) is 0 Å². The van der Waals surface area contributed by atoms with Crippen LogP contribution in [0.5, 0.6) is 5.75 Å². The van der Waals surface area contributed by atoms with Crippen molar-refractivity contribution in [3.63, 3.8) is 0 Å². The number of carbonyl (C=O) groups excluding carboxylic acids is 1. The first-order valence-electron chi connectivity index (χ1n) is 9.22. The second-order valence-electron chi connectivity index (χ2n) is 7.24. The SMILES string of the molecule is Cc1ccc(-n2ncc3c2NC(=O)C[C@@H]3c2ccc(OC(C)C)cc2)cc1. The maximum absolute atomic E-state index is 12.4. The number of hydrogen-bond donors (Lipinski definition) is 1. The fourth-order valence-corrected chi connectivity index (χ4v) is 3.45. The van der Waals surface area contributed by atoms with Gasteiger partial charge in [-0.15, -0.1) is 0 Å². The highest BCUT2D eigenvalue weighted by Gasteiger charge is 2.30. The van der Waals surface area contributed by atoms with Crippen molar-refractivity contribution in [2.24, 2.45) is 0 Å². The first kappa shape index (κ1) is 17.3. The summed E-state index contributed by atoms with van der Waals surface area (Å²) in [6.45, 7) is 6.06. The van der Waals surface area contributed by atoms with Gasteiger partial charge in [-0.05, 0) is 50.6 Å². The molecule has 0 bridgehead atoms. The third-order valence-corrected chi connectivity index (χ3v) is 4.75. The normalized spacial score (nSPS) is 16.1. The largest absolute Gasteiger partial charge is 0.491 e. The minimum Gasteiger partial charge on any atom is -0.491 e. The number of ether oxygens (including phenoxy) is 1. The Morgan fingerprint density at radius 3 is 2.48 bits per heavy atom. The van der Waals surface area contributed by atoms with E-state index in [1.54, 1.807) is 4.68 Å². The van der Waals surface area contributed by atoms with Gasteiger partial charge in [-0.2, -0.15) is 5.10 Å². The summed E-state index contributed by atoms with van der Waals surface area (Å²) in [5, 5.41) is 7.54. The smallest absolute Gasteiger partial charge is 0.226 e. The maximum Gasteiger partial charge on any atom is 0.226 e. The maximum atomic E-state index is 12.4. The van der Waals surface area contributed by atoms with Gasteiger partial charge >= 0.3 is 0 Å². The molecule has 2 heterocycles. The monoisotopic (exact) mass is 361 g/mol. The summed E-state index contributed by atoms with van der Waals surface area (Å²) in [5.41, 5.74) is 4.24. The number of benzene rings is 2. The van der Waals surface area contributed by atoms with E-state index in [9.17, 15) is 4.79 Å². The lowest BCUT2D eigenvalue weighted by Crippen LogP contribution is -2.24. The van der Waals surface area contributed by atoms with Gasteiger partial charge in [-0.3, -0.25) is 4.79 Å². The summed E-state index contributed by atoms with van der Waals surface area (Å²) >= 11 is 0. The molecule has 0 radical (unpaired) electrons. The molecule has 1 aliphatic heterocycles. The molecule has 1 aliphatic rings. The molecule has 0 unspecified atom stereocenters. The van der Waals surface area contributed by atoms with Gasteiger partial charge in [0.15, 0.2) is 0 Å². The Labute approximate surface area is 159 Å². The van der Waals surface area contributed by atoms with E-state index in [1.165, 1.54) is 5.56 Å². The number of fused-ring (bicyclic) bond motifs is 1. The van der Waals surface area contributed by atoms with E-state index in [0.29, 0.717) is 6.42 Å². The van der Waals surface area contributed by atoms with Crippen LogP contribution in [0.15, 0.2) is 54.7 Å². The highest BCUT2D eigenvalue weighted by Crippen LogP contribution is 2.38. The number of nitrogens with zero attached hydrogens (tertiary/aromatic N) is 2. The number of rotatable bonds is 4. The molecule has 0 aliphatic carbocycles. The Hall–Kier alpha value is -3.08. The van der Waals surface area contributed by atoms with E-state index >= 15 is 0 Å². The number of aryl methyl sites for hydroxylation is 1. The van der Waals surface area contributed by atoms with Crippen LogP contribution in [0.25, 0.3) is 5.69 Å². The molecule has 0 spiro atoms. The Kier molecular flexibility index (Phi) is 4.44. The van der Waals surface area contributed by atoms with Crippen molar-refractivity contribution >= 4 is 11.7 Å². The third kappa shape index (κ3) is 3.45. The lowest BCUT2D eigenvalue weighted by atomic mass is 9.87. The molecule has 5 heteroatoms. The van der Waals surface area contributed by atoms with E-state index in [1.807, 2.05) is 75.5 Å². The van der Waals surface area contributed by atoms with Crippen LogP contribution in [-0.2, 0) is 4.79 Å². The predicted octanol–water partition coefficient (Wildman–Crippen LogP) is 4.44. The zero-order valence-electron chi connectivity index (χ0n) is 15.8. The van der Waals surface area contributed by atoms with Gasteiger partial charge in [-0.25, -0.2) is 4.68 Å². The Balaban J connectivity index is 1.69. The van der Waals surface area contributed by atoms with Gasteiger partial charge < -0.3 is 10.1 Å². The van der Waals surface area contributed by atoms with E-state index in [0.717, 1.165) is 28.4 Å². The van der Waals surface area contributed by atoms with Gasteiger partial charge in [0.2, 0.25) is 5.91 Å². The topological polar surface area (TPSA) is 56.2 Å². The van der Waals surface area contributed by atoms with Crippen molar-refractivity contribution in [3.8, 4) is 11.4 Å². The van der Waals surface area contributed by atoms with Crippen molar-refractivity contribution in [1.82, 2.24) is 9.78 Å². The van der Waals surface area contributed by atoms with Crippen molar-refractivity contribution in [1.29, 1.82) is 0 Å². The molecular weight excluding hydrogens is 338 g/mol. The zero-order chi connectivity index (χ0) is 19.0. The number of anilines is 1. The summed E-state index contributed by atoms with van der Waals surface area (Å²) in [6, 6.07) is 16.1. The van der Waals surface area contributed by atoms with E-state index in [-0.39, 0.29) is 17.9 Å². The highest BCUT2D eigenvalue weighted by molar-refractivity contribution is 5.94. The van der Waals surface area contributed by atoms with Crippen LogP contribution in [0, 0.1) is 6.92 Å². The molecule has 1 aromatic heterocycles. The molecule has 3 aromatic rings. The molecule has 0 saturated heterocycles. The Morgan fingerprint density at radius 1 is 1.11 bits per heavy atom. The van der Waals surface area contributed by atoms with Crippen LogP contribution in [0.1, 0.15) is 42.9 Å². The number of aromatic nitrogens is 2. The molecule has 5 nitrogen and oxygen atoms in total. The Morgan fingerprint density at radius 2 is 1.81 bits per heavy atom. The summed E-state index contributed by atoms with van der Waals surface area (Å²) in [5.74, 6) is 1.58. The standard InChI is InChI=1S/C22H23N3O2/c1-14(2)27-18-10-6-16(7-11-18)19-12-21(26)24-22-20(19)13-23-25(22)17-8-4-15(3)5-9-17/h4-11,13-14,19H,12H2,1-3H3,(H,24,26)/t19-/m1/s1. The van der Waals surface area contributed by atoms with Crippen LogP contribution in [-0.4, -0.2) is 21.8 Å². The minimum absolute atomic E-state index is 0.00358. The van der Waals surface area contributed by atoms with E-state index < -0.39 is 0 Å². The molecule has 1 N–H and O–H groups in total. The lowest BCUT2D eigenvalue weighted by Gasteiger charge is -2.24. The third-order valence-electron chi connectivity index (χ3n) is 4.75. The number of nitrogens with one attached hydrogen (secondary N) is 1. The number of carbonyl (C=O) groups is 1. The van der Waals surface area contributed by atoms with E-state index in [2.05, 4.69) is 10.4 Å². The van der Waals surface area contributed by atoms with Gasteiger partial charge in [0, 0.05) is 17.9 Å². The molecule has 27 heavy (non-hydrogen) atoms. The molecule has 0 saturated carbocycles. The number of hydrogen-bond acceptors (Lipinski definition) is 3. The fourth-order valence-electron chi connectivity index (χ4n) is 3.45. The van der Waals surface area contributed by atoms with Crippen LogP contribution in [0.2, 0.25) is 0 Å². The molecule has 138 valence electrons. The summed E-state index contributed by atoms with van der Waals surface area (Å²) < 4.78 is 7.52. The Bertz CT molecular complexity index is 956. The van der Waals surface area contributed by atoms with Gasteiger partial charge in [-0.1, -0.05) is 29.8 Å². The van der Waals surface area contributed by atoms with E-state index in [4.69, 9.17) is 4.74 Å². The van der Waals surface area contributed by atoms with Gasteiger partial charge in [0.1, 0.15) is 11.6 Å². The summed E-state index contributed by atoms with van der Waals surface area (Å²) in [4.78, 5) is 12.4. The van der Waals surface area contributed by atoms with Crippen molar-refractivity contribution in [2.75, 3.05) is 5.32 Å². The predicted molar refractivity (Wildman–Crippen MR) is 106 cm³/mol. The quantitative estimate of drug-likeness (QED) is 0.747. The van der Waals surface area contributed by atoms with Crippen LogP contribution in [0.4, 0.5) is 5.82 Å². The van der Waals surface area contributed by atoms with Gasteiger partial charge in [0.25, 0.3) is 0 Å². The summed E-state index contributed by atoms with van der Waals surface area (Å²) in [7, 11) is 0. The van der Waals surface area contributed by atoms with Crippen molar-refractivity contribution in [3.05, 3.63) is 71.4 Å². The van der Waals surface area contributed by atoms with Crippen LogP contribution >= 0.6 is 0 Å². The first-order chi connectivity index (χ1) is 13.0. The average molecular weight is 361 g/mol. The average Bonchev–Trinajstić information content (AvgIpc) is 3.05. The molecule has 2 aromatic carbocycles. The van der Waals surface area contributed by atoms with Gasteiger partial charge in [0.05, 0.1) is 18.0 Å². The molecule has 1 amide bonds. The van der Waals surface area contributed by atoms with Crippen LogP contribution < -0.4 is 10.1 Å². The fraction of sp³-hybridized carbons (Fsp3) is 0.273. The molecule has 4 rings (SSSR count).